The van der Waals surface area contributed by atoms with Crippen molar-refractivity contribution in [2.75, 3.05) is 0 Å². The van der Waals surface area contributed by atoms with Crippen LogP contribution >= 0.6 is 0 Å². The minimum Gasteiger partial charge on any atom is -0.393 e. The summed E-state index contributed by atoms with van der Waals surface area (Å²) in [5.74, 6) is 2.13. The van der Waals surface area contributed by atoms with Crippen molar-refractivity contribution in [1.29, 1.82) is 0 Å². The summed E-state index contributed by atoms with van der Waals surface area (Å²) in [6, 6.07) is 0. The zero-order valence-electron chi connectivity index (χ0n) is 7.67. The highest BCUT2D eigenvalue weighted by molar-refractivity contribution is 5.04. The highest BCUT2D eigenvalue weighted by Crippen LogP contribution is 2.61. The second-order valence-electron chi connectivity index (χ2n) is 5.02. The second kappa shape index (κ2) is 2.01. The topological polar surface area (TPSA) is 20.2 Å². The zero-order chi connectivity index (χ0) is 8.22. The molecular formula is C10H18O. The molecule has 0 saturated heterocycles. The Balaban J connectivity index is 2.17. The van der Waals surface area contributed by atoms with Gasteiger partial charge in [-0.25, -0.2) is 0 Å². The van der Waals surface area contributed by atoms with E-state index < -0.39 is 0 Å². The lowest BCUT2D eigenvalue weighted by molar-refractivity contribution is -0.154. The van der Waals surface area contributed by atoms with E-state index in [1.54, 1.807) is 0 Å². The van der Waals surface area contributed by atoms with Crippen LogP contribution in [0.5, 0.6) is 0 Å². The molecule has 3 saturated carbocycles. The first-order valence-electron chi connectivity index (χ1n) is 4.71. The molecule has 4 atom stereocenters. The monoisotopic (exact) mass is 154 g/mol. The van der Waals surface area contributed by atoms with Crippen molar-refractivity contribution in [2.24, 2.45) is 23.2 Å². The number of hydrogen-bond acceptors (Lipinski definition) is 1. The molecular weight excluding hydrogens is 136 g/mol. The maximum absolute atomic E-state index is 9.61. The largest absolute Gasteiger partial charge is 0.393 e. The van der Waals surface area contributed by atoms with Crippen molar-refractivity contribution in [2.45, 2.75) is 39.7 Å². The fourth-order valence-corrected chi connectivity index (χ4v) is 3.12. The van der Waals surface area contributed by atoms with Crippen molar-refractivity contribution in [3.05, 3.63) is 0 Å². The Labute approximate surface area is 68.8 Å². The predicted octanol–water partition coefficient (Wildman–Crippen LogP) is 2.05. The van der Waals surface area contributed by atoms with Gasteiger partial charge in [-0.3, -0.25) is 0 Å². The molecule has 3 aliphatic carbocycles. The Morgan fingerprint density at radius 1 is 1.27 bits per heavy atom. The van der Waals surface area contributed by atoms with Crippen LogP contribution in [0.15, 0.2) is 0 Å². The number of rotatable bonds is 0. The van der Waals surface area contributed by atoms with Gasteiger partial charge in [0.2, 0.25) is 0 Å². The van der Waals surface area contributed by atoms with E-state index in [0.29, 0.717) is 11.3 Å². The summed E-state index contributed by atoms with van der Waals surface area (Å²) in [4.78, 5) is 0. The Morgan fingerprint density at radius 2 is 1.91 bits per heavy atom. The van der Waals surface area contributed by atoms with Gasteiger partial charge < -0.3 is 5.11 Å². The van der Waals surface area contributed by atoms with Crippen LogP contribution in [0.25, 0.3) is 0 Å². The van der Waals surface area contributed by atoms with E-state index in [9.17, 15) is 5.11 Å². The van der Waals surface area contributed by atoms with Gasteiger partial charge in [-0.2, -0.15) is 0 Å². The highest BCUT2D eigenvalue weighted by Gasteiger charge is 2.55. The summed E-state index contributed by atoms with van der Waals surface area (Å²) < 4.78 is 0. The van der Waals surface area contributed by atoms with E-state index in [1.807, 2.05) is 0 Å². The first-order chi connectivity index (χ1) is 5.03. The molecule has 2 bridgehead atoms. The molecule has 0 aromatic rings. The molecule has 1 N–H and O–H groups in total. The highest BCUT2D eigenvalue weighted by atomic mass is 16.3. The maximum atomic E-state index is 9.61. The van der Waals surface area contributed by atoms with Crippen molar-refractivity contribution >= 4 is 0 Å². The SMILES string of the molecule is C[C@H]1[C@H](O)CC2C[C@@H]1C2(C)C. The van der Waals surface area contributed by atoms with Gasteiger partial charge in [0.1, 0.15) is 0 Å². The van der Waals surface area contributed by atoms with Gasteiger partial charge in [0, 0.05) is 0 Å². The van der Waals surface area contributed by atoms with Crippen molar-refractivity contribution in [3.8, 4) is 0 Å². The van der Waals surface area contributed by atoms with Gasteiger partial charge in [0.15, 0.2) is 0 Å². The molecule has 0 aliphatic heterocycles. The van der Waals surface area contributed by atoms with Crippen molar-refractivity contribution < 1.29 is 5.11 Å². The molecule has 3 aliphatic rings. The molecule has 11 heavy (non-hydrogen) atoms. The third-order valence-corrected chi connectivity index (χ3v) is 4.31. The van der Waals surface area contributed by atoms with Crippen LogP contribution in [-0.2, 0) is 0 Å². The molecule has 0 aromatic carbocycles. The maximum Gasteiger partial charge on any atom is 0.0571 e. The first kappa shape index (κ1) is 7.60. The smallest absolute Gasteiger partial charge is 0.0571 e. The van der Waals surface area contributed by atoms with E-state index in [0.717, 1.165) is 18.3 Å². The fraction of sp³-hybridized carbons (Fsp3) is 1.00. The fourth-order valence-electron chi connectivity index (χ4n) is 3.12. The summed E-state index contributed by atoms with van der Waals surface area (Å²) in [5.41, 5.74) is 0.526. The molecule has 1 nitrogen and oxygen atoms in total. The van der Waals surface area contributed by atoms with E-state index in [2.05, 4.69) is 20.8 Å². The van der Waals surface area contributed by atoms with E-state index >= 15 is 0 Å². The standard InChI is InChI=1S/C10H18O/c1-6-8-4-7(5-9(6)11)10(8,2)3/h6-9,11H,4-5H2,1-3H3/t6-,7?,8+,9-/m1/s1. The lowest BCUT2D eigenvalue weighted by atomic mass is 9.45. The van der Waals surface area contributed by atoms with Gasteiger partial charge in [-0.1, -0.05) is 20.8 Å². The van der Waals surface area contributed by atoms with Crippen LogP contribution in [0, 0.1) is 23.2 Å². The van der Waals surface area contributed by atoms with E-state index in [4.69, 9.17) is 0 Å². The van der Waals surface area contributed by atoms with E-state index in [-0.39, 0.29) is 6.10 Å². The molecule has 0 amide bonds. The van der Waals surface area contributed by atoms with Crippen LogP contribution in [0.2, 0.25) is 0 Å². The first-order valence-corrected chi connectivity index (χ1v) is 4.71. The molecule has 0 aromatic heterocycles. The minimum atomic E-state index is -0.00762. The third kappa shape index (κ3) is 0.807. The van der Waals surface area contributed by atoms with Gasteiger partial charge in [0.05, 0.1) is 6.10 Å². The number of aliphatic hydroxyl groups excluding tert-OH is 1. The second-order valence-corrected chi connectivity index (χ2v) is 5.02. The average Bonchev–Trinajstić information content (AvgIpc) is 1.93. The number of fused-ring (bicyclic) bond motifs is 2. The van der Waals surface area contributed by atoms with Gasteiger partial charge in [-0.15, -0.1) is 0 Å². The minimum absolute atomic E-state index is 0.00762. The zero-order valence-corrected chi connectivity index (χ0v) is 7.67. The molecule has 3 rings (SSSR count). The predicted molar refractivity (Wildman–Crippen MR) is 45.2 cm³/mol. The van der Waals surface area contributed by atoms with Crippen molar-refractivity contribution in [1.82, 2.24) is 0 Å². The summed E-state index contributed by atoms with van der Waals surface area (Å²) in [6.45, 7) is 6.91. The summed E-state index contributed by atoms with van der Waals surface area (Å²) in [7, 11) is 0. The number of aliphatic hydroxyl groups is 1. The summed E-state index contributed by atoms with van der Waals surface area (Å²) in [6.07, 6.45) is 2.40. The van der Waals surface area contributed by atoms with Crippen LogP contribution < -0.4 is 0 Å². The molecule has 3 fully saturated rings. The Morgan fingerprint density at radius 3 is 2.27 bits per heavy atom. The molecule has 64 valence electrons. The van der Waals surface area contributed by atoms with Crippen LogP contribution in [0.4, 0.5) is 0 Å². The normalized spacial score (nSPS) is 53.5. The lowest BCUT2D eigenvalue weighted by Crippen LogP contribution is -2.56. The summed E-state index contributed by atoms with van der Waals surface area (Å²) >= 11 is 0. The van der Waals surface area contributed by atoms with Crippen LogP contribution in [-0.4, -0.2) is 11.2 Å². The third-order valence-electron chi connectivity index (χ3n) is 4.31. The number of hydrogen-bond donors (Lipinski definition) is 1. The van der Waals surface area contributed by atoms with Crippen LogP contribution in [0.3, 0.4) is 0 Å². The van der Waals surface area contributed by atoms with Gasteiger partial charge >= 0.3 is 0 Å². The molecule has 0 heterocycles. The Bertz CT molecular complexity index is 174. The van der Waals surface area contributed by atoms with Gasteiger partial charge in [0.25, 0.3) is 0 Å². The lowest BCUT2D eigenvalue weighted by Gasteiger charge is -2.61. The Kier molecular flexibility index (Phi) is 1.39. The average molecular weight is 154 g/mol. The molecule has 0 spiro atoms. The molecule has 0 radical (unpaired) electrons. The van der Waals surface area contributed by atoms with E-state index in [1.165, 1.54) is 6.42 Å². The van der Waals surface area contributed by atoms with Gasteiger partial charge in [-0.05, 0) is 36.0 Å². The molecule has 1 unspecified atom stereocenters. The molecule has 1 heteroatoms. The quantitative estimate of drug-likeness (QED) is 0.566. The van der Waals surface area contributed by atoms with Crippen LogP contribution in [0.1, 0.15) is 33.6 Å². The van der Waals surface area contributed by atoms with Crippen molar-refractivity contribution in [3.63, 3.8) is 0 Å². The Hall–Kier alpha value is -0.0400. The summed E-state index contributed by atoms with van der Waals surface area (Å²) in [5, 5.41) is 9.61.